The number of likely N-dealkylation sites (N-methyl/N-ethyl adjacent to an activating group) is 2. The molecule has 1 saturated heterocycles. The Hall–Kier alpha value is -1.69. The van der Waals surface area contributed by atoms with Crippen molar-refractivity contribution in [3.8, 4) is 0 Å². The fraction of sp³-hybridized carbons (Fsp3) is 0.615. The molecule has 6 heteroatoms. The molecule has 1 atom stereocenters. The molecule has 1 aliphatic rings. The monoisotopic (exact) mass is 264 g/mol. The summed E-state index contributed by atoms with van der Waals surface area (Å²) in [6.07, 6.45) is 2.32. The molecule has 1 N–H and O–H groups in total. The van der Waals surface area contributed by atoms with Crippen LogP contribution in [0.25, 0.3) is 0 Å². The molecule has 0 aromatic carbocycles. The van der Waals surface area contributed by atoms with Crippen LogP contribution in [0.3, 0.4) is 0 Å². The molecule has 2 rings (SSSR count). The van der Waals surface area contributed by atoms with E-state index in [2.05, 4.69) is 22.0 Å². The van der Waals surface area contributed by atoms with Crippen LogP contribution in [0.1, 0.15) is 30.3 Å². The smallest absolute Gasteiger partial charge is 0.274 e. The Labute approximate surface area is 112 Å². The van der Waals surface area contributed by atoms with Gasteiger partial charge in [-0.2, -0.15) is 5.10 Å². The predicted molar refractivity (Wildman–Crippen MR) is 72.1 cm³/mol. The van der Waals surface area contributed by atoms with Gasteiger partial charge in [-0.25, -0.2) is 5.10 Å². The number of hydrogen-bond acceptors (Lipinski definition) is 4. The molecule has 0 bridgehead atoms. The van der Waals surface area contributed by atoms with Gasteiger partial charge in [0, 0.05) is 25.7 Å². The van der Waals surface area contributed by atoms with Gasteiger partial charge in [0.1, 0.15) is 5.69 Å². The molecule has 1 fully saturated rings. The minimum atomic E-state index is -0.299. The highest BCUT2D eigenvalue weighted by Gasteiger charge is 2.26. The molecular weight excluding hydrogens is 244 g/mol. The van der Waals surface area contributed by atoms with E-state index in [4.69, 9.17) is 0 Å². The fourth-order valence-corrected chi connectivity index (χ4v) is 2.58. The second kappa shape index (κ2) is 5.97. The van der Waals surface area contributed by atoms with Crippen molar-refractivity contribution in [2.75, 3.05) is 26.7 Å². The summed E-state index contributed by atoms with van der Waals surface area (Å²) >= 11 is 0. The van der Waals surface area contributed by atoms with E-state index in [0.717, 1.165) is 19.5 Å². The van der Waals surface area contributed by atoms with E-state index in [1.165, 1.54) is 18.6 Å². The summed E-state index contributed by atoms with van der Waals surface area (Å²) in [6, 6.07) is 3.22. The maximum absolute atomic E-state index is 12.2. The molecule has 104 valence electrons. The van der Waals surface area contributed by atoms with Gasteiger partial charge in [0.25, 0.3) is 11.5 Å². The van der Waals surface area contributed by atoms with Gasteiger partial charge in [0.2, 0.25) is 0 Å². The first-order chi connectivity index (χ1) is 9.11. The zero-order chi connectivity index (χ0) is 13.8. The second-order valence-corrected chi connectivity index (χ2v) is 4.92. The number of carbonyl (C=O) groups excluding carboxylic acids is 1. The summed E-state index contributed by atoms with van der Waals surface area (Å²) in [4.78, 5) is 27.2. The lowest BCUT2D eigenvalue weighted by atomic mass is 10.2. The van der Waals surface area contributed by atoms with Crippen molar-refractivity contribution in [3.63, 3.8) is 0 Å². The number of nitrogens with zero attached hydrogens (tertiary/aromatic N) is 3. The van der Waals surface area contributed by atoms with E-state index in [1.54, 1.807) is 11.9 Å². The molecule has 0 saturated carbocycles. The van der Waals surface area contributed by atoms with E-state index in [9.17, 15) is 9.59 Å². The Morgan fingerprint density at radius 1 is 1.58 bits per heavy atom. The largest absolute Gasteiger partial charge is 0.339 e. The number of amides is 1. The lowest BCUT2D eigenvalue weighted by Gasteiger charge is -2.27. The van der Waals surface area contributed by atoms with Crippen molar-refractivity contribution in [3.05, 3.63) is 28.2 Å². The number of aromatic amines is 1. The standard InChI is InChI=1S/C13H20N4O2/c1-3-17-8-4-5-10(17)9-16(2)13(19)11-6-7-12(18)15-14-11/h6-7,10H,3-5,8-9H2,1-2H3,(H,15,18). The first-order valence-corrected chi connectivity index (χ1v) is 6.67. The third kappa shape index (κ3) is 3.20. The lowest BCUT2D eigenvalue weighted by Crippen LogP contribution is -2.41. The summed E-state index contributed by atoms with van der Waals surface area (Å²) in [5, 5.41) is 6.06. The van der Waals surface area contributed by atoms with E-state index in [-0.39, 0.29) is 17.2 Å². The minimum absolute atomic E-state index is 0.154. The molecule has 6 nitrogen and oxygen atoms in total. The van der Waals surface area contributed by atoms with Crippen LogP contribution in [0.5, 0.6) is 0 Å². The zero-order valence-corrected chi connectivity index (χ0v) is 11.4. The molecule has 0 radical (unpaired) electrons. The Balaban J connectivity index is 1.99. The van der Waals surface area contributed by atoms with Crippen LogP contribution in [0.4, 0.5) is 0 Å². The molecular formula is C13H20N4O2. The maximum Gasteiger partial charge on any atom is 0.274 e. The maximum atomic E-state index is 12.2. The van der Waals surface area contributed by atoms with Crippen LogP contribution in [0, 0.1) is 0 Å². The summed E-state index contributed by atoms with van der Waals surface area (Å²) in [6.45, 7) is 4.97. The average molecular weight is 264 g/mol. The molecule has 1 unspecified atom stereocenters. The molecule has 0 spiro atoms. The second-order valence-electron chi connectivity index (χ2n) is 4.92. The lowest BCUT2D eigenvalue weighted by molar-refractivity contribution is 0.0747. The molecule has 1 aromatic heterocycles. The molecule has 1 aromatic rings. The Morgan fingerprint density at radius 3 is 3.00 bits per heavy atom. The quantitative estimate of drug-likeness (QED) is 0.850. The van der Waals surface area contributed by atoms with Crippen LogP contribution in [-0.4, -0.2) is 58.6 Å². The summed E-state index contributed by atoms with van der Waals surface area (Å²) in [5.41, 5.74) is -0.0182. The van der Waals surface area contributed by atoms with E-state index in [1.807, 2.05) is 0 Å². The van der Waals surface area contributed by atoms with Crippen LogP contribution in [-0.2, 0) is 0 Å². The van der Waals surface area contributed by atoms with Gasteiger partial charge < -0.3 is 4.90 Å². The van der Waals surface area contributed by atoms with Crippen molar-refractivity contribution in [2.24, 2.45) is 0 Å². The highest BCUT2D eigenvalue weighted by molar-refractivity contribution is 5.91. The summed E-state index contributed by atoms with van der Waals surface area (Å²) < 4.78 is 0. The van der Waals surface area contributed by atoms with Gasteiger partial charge in [0.05, 0.1) is 0 Å². The Bertz CT molecular complexity index is 479. The van der Waals surface area contributed by atoms with Crippen molar-refractivity contribution in [1.82, 2.24) is 20.0 Å². The van der Waals surface area contributed by atoms with Gasteiger partial charge >= 0.3 is 0 Å². The molecule has 1 aliphatic heterocycles. The van der Waals surface area contributed by atoms with Crippen LogP contribution < -0.4 is 5.56 Å². The van der Waals surface area contributed by atoms with Crippen LogP contribution in [0.15, 0.2) is 16.9 Å². The highest BCUT2D eigenvalue weighted by Crippen LogP contribution is 2.17. The van der Waals surface area contributed by atoms with Gasteiger partial charge in [-0.05, 0) is 32.0 Å². The van der Waals surface area contributed by atoms with Crippen molar-refractivity contribution >= 4 is 5.91 Å². The topological polar surface area (TPSA) is 69.3 Å². The van der Waals surface area contributed by atoms with Gasteiger partial charge in [-0.1, -0.05) is 6.92 Å². The number of H-pyrrole nitrogens is 1. The van der Waals surface area contributed by atoms with E-state index >= 15 is 0 Å². The van der Waals surface area contributed by atoms with Crippen molar-refractivity contribution < 1.29 is 4.79 Å². The third-order valence-corrected chi connectivity index (χ3v) is 3.63. The highest BCUT2D eigenvalue weighted by atomic mass is 16.2. The van der Waals surface area contributed by atoms with Gasteiger partial charge in [0.15, 0.2) is 0 Å². The molecule has 1 amide bonds. The SMILES string of the molecule is CCN1CCCC1CN(C)C(=O)c1ccc(=O)[nH]n1. The molecule has 19 heavy (non-hydrogen) atoms. The van der Waals surface area contributed by atoms with Crippen molar-refractivity contribution in [2.45, 2.75) is 25.8 Å². The number of likely N-dealkylation sites (tertiary alicyclic amines) is 1. The third-order valence-electron chi connectivity index (χ3n) is 3.63. The average Bonchev–Trinajstić information content (AvgIpc) is 2.86. The number of aromatic nitrogens is 2. The number of nitrogens with one attached hydrogen (secondary N) is 1. The van der Waals surface area contributed by atoms with Crippen molar-refractivity contribution in [1.29, 1.82) is 0 Å². The fourth-order valence-electron chi connectivity index (χ4n) is 2.58. The summed E-state index contributed by atoms with van der Waals surface area (Å²) in [7, 11) is 1.78. The Morgan fingerprint density at radius 2 is 2.37 bits per heavy atom. The predicted octanol–water partition coefficient (Wildman–Crippen LogP) is 0.326. The number of rotatable bonds is 4. The molecule has 0 aliphatic carbocycles. The van der Waals surface area contributed by atoms with E-state index < -0.39 is 0 Å². The normalized spacial score (nSPS) is 19.6. The van der Waals surface area contributed by atoms with Crippen LogP contribution >= 0.6 is 0 Å². The Kier molecular flexibility index (Phi) is 4.31. The minimum Gasteiger partial charge on any atom is -0.339 e. The van der Waals surface area contributed by atoms with Crippen LogP contribution in [0.2, 0.25) is 0 Å². The van der Waals surface area contributed by atoms with Gasteiger partial charge in [-0.3, -0.25) is 14.5 Å². The number of carbonyl (C=O) groups is 1. The first kappa shape index (κ1) is 13.7. The summed E-state index contributed by atoms with van der Waals surface area (Å²) in [5.74, 6) is -0.154. The zero-order valence-electron chi connectivity index (χ0n) is 11.4. The van der Waals surface area contributed by atoms with E-state index in [0.29, 0.717) is 12.6 Å². The molecule has 2 heterocycles. The van der Waals surface area contributed by atoms with Gasteiger partial charge in [-0.15, -0.1) is 0 Å². The first-order valence-electron chi connectivity index (χ1n) is 6.67. The number of hydrogen-bond donors (Lipinski definition) is 1.